The number of benzene rings is 2. The average Bonchev–Trinajstić information content (AvgIpc) is 3.67. The van der Waals surface area contributed by atoms with Gasteiger partial charge in [-0.3, -0.25) is 4.79 Å². The second kappa shape index (κ2) is 26.2. The lowest BCUT2D eigenvalue weighted by molar-refractivity contribution is -0.319. The Hall–Kier alpha value is -4.80. The molecule has 25 heteroatoms. The van der Waals surface area contributed by atoms with Crippen molar-refractivity contribution in [3.05, 3.63) is 82.2 Å². The van der Waals surface area contributed by atoms with Gasteiger partial charge in [-0.05, 0) is 29.5 Å². The molecular formula is C46H66N6O19. The van der Waals surface area contributed by atoms with Gasteiger partial charge < -0.3 is 94.7 Å². The number of alkyl carbamates (subject to hydrolysis) is 2. The van der Waals surface area contributed by atoms with Crippen LogP contribution in [0.25, 0.3) is 10.4 Å². The minimum absolute atomic E-state index is 0.0435. The van der Waals surface area contributed by atoms with Gasteiger partial charge in [-0.15, -0.1) is 0 Å². The smallest absolute Gasteiger partial charge is 0.407 e. The lowest BCUT2D eigenvalue weighted by Gasteiger charge is -2.48. The standard InChI is InChI=1S/C46H66N6O19/c1-4-11-28(54)41(61)50-26-16-27(51-46(63)65-21-25-14-9-6-10-15-25)38(69-42-22(2)33(56)36(59)30(67-42)18-49-52-47)40(34(26)57)71-44-37(60)39(31(19-53)68-44)70-43-23(3)32(55)35(58)29(66-43)17-48-45(62)64-20-24-12-7-5-8-13-24/h5-10,12-15,22-23,26-40,42-44,53-60H,4,11,16-21H2,1-3H3,(H,48,62)(H,50,61)(H,51,63)/t22-,23-,26-,27+,28+,29+,30-,31-,32-,33-,34+,35-,36-,37-,38-,39-,40-,42-,43-,44+/m1/s1. The maximum Gasteiger partial charge on any atom is 0.407 e. The first kappa shape index (κ1) is 55.5. The van der Waals surface area contributed by atoms with Gasteiger partial charge in [0.05, 0.1) is 43.5 Å². The Balaban J connectivity index is 1.25. The fourth-order valence-electron chi connectivity index (χ4n) is 8.86. The number of carbonyl (C=O) groups is 3. The summed E-state index contributed by atoms with van der Waals surface area (Å²) in [5.74, 6) is -2.85. The fourth-order valence-corrected chi connectivity index (χ4v) is 8.86. The molecule has 0 aromatic heterocycles. The van der Waals surface area contributed by atoms with Crippen molar-refractivity contribution in [2.24, 2.45) is 17.0 Å². The highest BCUT2D eigenvalue weighted by atomic mass is 16.8. The Morgan fingerprint density at radius 1 is 0.690 bits per heavy atom. The number of hydrogen-bond acceptors (Lipinski definition) is 20. The molecule has 3 saturated heterocycles. The summed E-state index contributed by atoms with van der Waals surface area (Å²) in [5.41, 5.74) is 10.4. The summed E-state index contributed by atoms with van der Waals surface area (Å²) in [7, 11) is 0. The van der Waals surface area contributed by atoms with Gasteiger partial charge in [0.1, 0.15) is 74.3 Å². The highest BCUT2D eigenvalue weighted by Gasteiger charge is 2.56. The van der Waals surface area contributed by atoms with E-state index in [1.54, 1.807) is 67.6 Å². The number of carbonyl (C=O) groups excluding carboxylic acids is 3. The van der Waals surface area contributed by atoms with Gasteiger partial charge in [0, 0.05) is 23.3 Å². The molecule has 71 heavy (non-hydrogen) atoms. The Morgan fingerprint density at radius 3 is 1.80 bits per heavy atom. The Morgan fingerprint density at radius 2 is 1.23 bits per heavy atom. The second-order valence-electron chi connectivity index (χ2n) is 18.1. The van der Waals surface area contributed by atoms with Crippen LogP contribution in [0.5, 0.6) is 0 Å². The van der Waals surface area contributed by atoms with E-state index in [9.17, 15) is 55.2 Å². The molecule has 4 aliphatic rings. The topological polar surface area (TPSA) is 372 Å². The van der Waals surface area contributed by atoms with E-state index in [2.05, 4.69) is 26.0 Å². The van der Waals surface area contributed by atoms with Gasteiger partial charge in [-0.2, -0.15) is 0 Å². The van der Waals surface area contributed by atoms with Gasteiger partial charge in [-0.25, -0.2) is 9.59 Å². The maximum absolute atomic E-state index is 13.6. The first-order chi connectivity index (χ1) is 34.0. The van der Waals surface area contributed by atoms with Gasteiger partial charge in [-0.1, -0.05) is 93.0 Å². The minimum atomic E-state index is -1.83. The number of ether oxygens (including phenoxy) is 8. The Kier molecular flexibility index (Phi) is 20.5. The van der Waals surface area contributed by atoms with E-state index in [1.165, 1.54) is 13.8 Å². The summed E-state index contributed by atoms with van der Waals surface area (Å²) >= 11 is 0. The molecular weight excluding hydrogens is 941 g/mol. The molecule has 0 unspecified atom stereocenters. The largest absolute Gasteiger partial charge is 0.445 e. The SMILES string of the molecule is CCC[C@H](O)C(=O)N[C@@H]1C[C@H](NC(=O)OCc2ccccc2)[C@@H](O[C@H]2O[C@H](CN=[N+]=[N-])[C@@H](O)[C@H](O)[C@H]2C)[C@H](O[C@@H]2O[C@H](CO)[C@@H](O[C@H]3O[C@@H](CNC(=O)OCc4ccccc4)[C@@H](O)[C@H](O)[C@H]3C)[C@H]2O)[C@H]1O. The Labute approximate surface area is 408 Å². The van der Waals surface area contributed by atoms with Gasteiger partial charge >= 0.3 is 12.2 Å². The van der Waals surface area contributed by atoms with E-state index >= 15 is 0 Å². The number of azide groups is 1. The molecule has 11 N–H and O–H groups in total. The number of hydrogen-bond donors (Lipinski definition) is 11. The van der Waals surface area contributed by atoms with Crippen molar-refractivity contribution in [3.8, 4) is 0 Å². The van der Waals surface area contributed by atoms with Crippen LogP contribution < -0.4 is 16.0 Å². The van der Waals surface area contributed by atoms with Gasteiger partial charge in [0.15, 0.2) is 18.9 Å². The van der Waals surface area contributed by atoms with Crippen LogP contribution in [0.2, 0.25) is 0 Å². The molecule has 6 rings (SSSR count). The lowest BCUT2D eigenvalue weighted by atomic mass is 9.82. The van der Waals surface area contributed by atoms with Gasteiger partial charge in [0.25, 0.3) is 0 Å². The molecule has 3 aliphatic heterocycles. The van der Waals surface area contributed by atoms with Crippen LogP contribution in [-0.4, -0.2) is 189 Å². The highest BCUT2D eigenvalue weighted by molar-refractivity contribution is 5.80. The summed E-state index contributed by atoms with van der Waals surface area (Å²) in [6, 6.07) is 15.0. The van der Waals surface area contributed by atoms with Crippen molar-refractivity contribution in [1.82, 2.24) is 16.0 Å². The molecule has 20 atom stereocenters. The number of amides is 3. The van der Waals surface area contributed by atoms with Crippen molar-refractivity contribution in [2.75, 3.05) is 19.7 Å². The molecule has 3 amide bonds. The van der Waals surface area contributed by atoms with Crippen LogP contribution in [-0.2, 0) is 55.9 Å². The third-order valence-electron chi connectivity index (χ3n) is 13.0. The zero-order valence-electron chi connectivity index (χ0n) is 39.4. The zero-order chi connectivity index (χ0) is 51.4. The number of nitrogens with one attached hydrogen (secondary N) is 3. The first-order valence-electron chi connectivity index (χ1n) is 23.6. The summed E-state index contributed by atoms with van der Waals surface area (Å²) in [6.45, 7) is 2.95. The summed E-state index contributed by atoms with van der Waals surface area (Å²) in [6.07, 6.45) is -26.1. The predicted octanol–water partition coefficient (Wildman–Crippen LogP) is -0.672. The summed E-state index contributed by atoms with van der Waals surface area (Å²) < 4.78 is 47.7. The third kappa shape index (κ3) is 14.2. The van der Waals surface area contributed by atoms with Gasteiger partial charge in [0.2, 0.25) is 5.91 Å². The molecule has 2 aromatic rings. The predicted molar refractivity (Wildman–Crippen MR) is 242 cm³/mol. The fraction of sp³-hybridized carbons (Fsp3) is 0.674. The van der Waals surface area contributed by atoms with Crippen LogP contribution >= 0.6 is 0 Å². The van der Waals surface area contributed by atoms with Crippen LogP contribution in [0.4, 0.5) is 9.59 Å². The number of nitrogens with zero attached hydrogens (tertiary/aromatic N) is 3. The number of aliphatic hydroxyl groups is 8. The average molecular weight is 1010 g/mol. The van der Waals surface area contributed by atoms with E-state index < -0.39 is 153 Å². The first-order valence-corrected chi connectivity index (χ1v) is 23.6. The lowest BCUT2D eigenvalue weighted by Crippen LogP contribution is -2.68. The van der Waals surface area contributed by atoms with Crippen LogP contribution in [0.15, 0.2) is 65.8 Å². The van der Waals surface area contributed by atoms with Crippen LogP contribution in [0.3, 0.4) is 0 Å². The minimum Gasteiger partial charge on any atom is -0.445 e. The van der Waals surface area contributed by atoms with E-state index in [-0.39, 0.29) is 32.6 Å². The van der Waals surface area contributed by atoms with Crippen molar-refractivity contribution in [2.45, 2.75) is 164 Å². The molecule has 3 heterocycles. The maximum atomic E-state index is 13.6. The van der Waals surface area contributed by atoms with Crippen LogP contribution in [0, 0.1) is 11.8 Å². The van der Waals surface area contributed by atoms with Crippen molar-refractivity contribution in [3.63, 3.8) is 0 Å². The van der Waals surface area contributed by atoms with Crippen molar-refractivity contribution < 1.29 is 93.1 Å². The summed E-state index contributed by atoms with van der Waals surface area (Å²) in [4.78, 5) is 42.1. The van der Waals surface area contributed by atoms with E-state index in [1.807, 2.05) is 0 Å². The molecule has 0 bridgehead atoms. The molecule has 2 aromatic carbocycles. The molecule has 0 radical (unpaired) electrons. The Bertz CT molecular complexity index is 2050. The number of rotatable bonds is 20. The molecule has 1 aliphatic carbocycles. The number of aliphatic hydroxyl groups excluding tert-OH is 8. The normalized spacial score (nSPS) is 36.4. The molecule has 4 fully saturated rings. The van der Waals surface area contributed by atoms with Crippen molar-refractivity contribution in [1.29, 1.82) is 0 Å². The zero-order valence-corrected chi connectivity index (χ0v) is 39.4. The van der Waals surface area contributed by atoms with Crippen molar-refractivity contribution >= 4 is 18.1 Å². The molecule has 0 spiro atoms. The van der Waals surface area contributed by atoms with Crippen LogP contribution in [0.1, 0.15) is 51.2 Å². The third-order valence-corrected chi connectivity index (χ3v) is 13.0. The monoisotopic (exact) mass is 1010 g/mol. The van der Waals surface area contributed by atoms with E-state index in [4.69, 9.17) is 43.4 Å². The van der Waals surface area contributed by atoms with E-state index in [0.717, 1.165) is 5.56 Å². The van der Waals surface area contributed by atoms with E-state index in [0.29, 0.717) is 12.0 Å². The summed E-state index contributed by atoms with van der Waals surface area (Å²) in [5, 5.41) is 100. The quantitative estimate of drug-likeness (QED) is 0.0445. The molecule has 1 saturated carbocycles. The second-order valence-corrected chi connectivity index (χ2v) is 18.1. The molecule has 25 nitrogen and oxygen atoms in total. The molecule has 394 valence electrons. The highest BCUT2D eigenvalue weighted by Crippen LogP contribution is 2.37.